The van der Waals surface area contributed by atoms with Crippen molar-refractivity contribution in [2.24, 2.45) is 0 Å². The van der Waals surface area contributed by atoms with E-state index in [-0.39, 0.29) is 16.5 Å². The van der Waals surface area contributed by atoms with Gasteiger partial charge in [-0.1, -0.05) is 24.3 Å². The molecule has 0 aliphatic heterocycles. The Hall–Kier alpha value is -3.49. The van der Waals surface area contributed by atoms with Gasteiger partial charge in [0.05, 0.1) is 4.90 Å². The highest BCUT2D eigenvalue weighted by Gasteiger charge is 2.34. The Morgan fingerprint density at radius 3 is 2.41 bits per heavy atom. The molecule has 0 amide bonds. The molecule has 1 aliphatic carbocycles. The second kappa shape index (κ2) is 7.58. The van der Waals surface area contributed by atoms with Gasteiger partial charge in [0.25, 0.3) is 0 Å². The zero-order valence-electron chi connectivity index (χ0n) is 17.4. The van der Waals surface area contributed by atoms with Crippen molar-refractivity contribution in [2.45, 2.75) is 23.8 Å². The third-order valence-electron chi connectivity index (χ3n) is 5.90. The number of aromatic amines is 1. The van der Waals surface area contributed by atoms with E-state index in [1.165, 1.54) is 4.31 Å². The Bertz CT molecular complexity index is 1490. The summed E-state index contributed by atoms with van der Waals surface area (Å²) in [6.45, 7) is 0. The van der Waals surface area contributed by atoms with E-state index in [1.54, 1.807) is 49.8 Å². The zero-order chi connectivity index (χ0) is 22.5. The number of nitrogens with one attached hydrogen (secondary N) is 1. The molecule has 1 saturated carbocycles. The van der Waals surface area contributed by atoms with Crippen molar-refractivity contribution in [1.82, 2.24) is 14.3 Å². The average Bonchev–Trinajstić information content (AvgIpc) is 3.64. The summed E-state index contributed by atoms with van der Waals surface area (Å²) in [5.41, 5.74) is 9.24. The van der Waals surface area contributed by atoms with E-state index in [1.807, 2.05) is 24.3 Å². The van der Waals surface area contributed by atoms with Crippen molar-refractivity contribution in [3.63, 3.8) is 0 Å². The molecule has 162 valence electrons. The van der Waals surface area contributed by atoms with Crippen LogP contribution in [0.3, 0.4) is 0 Å². The minimum absolute atomic E-state index is 0.112. The number of nitrogens with two attached hydrogens (primary N) is 1. The van der Waals surface area contributed by atoms with Crippen LogP contribution in [0.1, 0.15) is 12.8 Å². The van der Waals surface area contributed by atoms with E-state index in [2.05, 4.69) is 9.97 Å². The van der Waals surface area contributed by atoms with E-state index in [0.29, 0.717) is 5.82 Å². The summed E-state index contributed by atoms with van der Waals surface area (Å²) in [7, 11) is -1.85. The lowest BCUT2D eigenvalue weighted by Gasteiger charge is -2.16. The van der Waals surface area contributed by atoms with Gasteiger partial charge in [-0.25, -0.2) is 13.4 Å². The number of pyridine rings is 2. The number of sulfonamides is 1. The highest BCUT2D eigenvalue weighted by atomic mass is 32.2. The molecule has 32 heavy (non-hydrogen) atoms. The number of hydrogen-bond donors (Lipinski definition) is 2. The topological polar surface area (TPSA) is 109 Å². The summed E-state index contributed by atoms with van der Waals surface area (Å²) in [6, 6.07) is 16.2. The van der Waals surface area contributed by atoms with Crippen LogP contribution in [0.5, 0.6) is 0 Å². The molecule has 0 bridgehead atoms. The second-order valence-electron chi connectivity index (χ2n) is 8.07. The van der Waals surface area contributed by atoms with Crippen LogP contribution in [0, 0.1) is 0 Å². The monoisotopic (exact) mass is 446 g/mol. The minimum atomic E-state index is -3.49. The standard InChI is InChI=1S/C24H22N4O3S/c1-28(20-6-7-20)32(30,31)21-8-4-15(5-9-21)19-11-22(24(25)27-14-19)16-2-3-17-13-26-23(29)12-18(17)10-16/h2-5,8-14,20H,6-7H2,1H3,(H2,25,27)(H,26,29). The van der Waals surface area contributed by atoms with Crippen molar-refractivity contribution in [3.8, 4) is 22.3 Å². The molecule has 0 unspecified atom stereocenters. The summed E-state index contributed by atoms with van der Waals surface area (Å²) in [5, 5.41) is 1.73. The first-order valence-corrected chi connectivity index (χ1v) is 11.7. The fourth-order valence-electron chi connectivity index (χ4n) is 3.81. The van der Waals surface area contributed by atoms with Gasteiger partial charge in [0.1, 0.15) is 5.82 Å². The molecule has 1 aliphatic rings. The third kappa shape index (κ3) is 3.68. The highest BCUT2D eigenvalue weighted by Crippen LogP contribution is 2.33. The maximum absolute atomic E-state index is 12.7. The Labute approximate surface area is 185 Å². The summed E-state index contributed by atoms with van der Waals surface area (Å²) < 4.78 is 27.0. The van der Waals surface area contributed by atoms with E-state index in [9.17, 15) is 13.2 Å². The van der Waals surface area contributed by atoms with E-state index >= 15 is 0 Å². The molecule has 0 saturated heterocycles. The number of rotatable bonds is 5. The summed E-state index contributed by atoms with van der Waals surface area (Å²) in [6.07, 6.45) is 5.17. The van der Waals surface area contributed by atoms with Crippen LogP contribution in [0.25, 0.3) is 33.0 Å². The molecule has 0 spiro atoms. The molecule has 2 aromatic carbocycles. The normalized spacial score (nSPS) is 14.2. The zero-order valence-corrected chi connectivity index (χ0v) is 18.3. The van der Waals surface area contributed by atoms with E-state index in [0.717, 1.165) is 45.9 Å². The lowest BCUT2D eigenvalue weighted by atomic mass is 9.99. The lowest BCUT2D eigenvalue weighted by Crippen LogP contribution is -2.28. The van der Waals surface area contributed by atoms with Gasteiger partial charge in [-0.3, -0.25) is 4.79 Å². The van der Waals surface area contributed by atoms with Crippen molar-refractivity contribution in [1.29, 1.82) is 0 Å². The summed E-state index contributed by atoms with van der Waals surface area (Å²) in [5.74, 6) is 0.378. The van der Waals surface area contributed by atoms with E-state index in [4.69, 9.17) is 5.73 Å². The van der Waals surface area contributed by atoms with Crippen LogP contribution in [-0.2, 0) is 10.0 Å². The number of fused-ring (bicyclic) bond motifs is 1. The van der Waals surface area contributed by atoms with Crippen LogP contribution >= 0.6 is 0 Å². The van der Waals surface area contributed by atoms with Gasteiger partial charge in [0.2, 0.25) is 15.6 Å². The number of aromatic nitrogens is 2. The Balaban J connectivity index is 1.51. The smallest absolute Gasteiger partial charge is 0.248 e. The maximum Gasteiger partial charge on any atom is 0.248 e. The first-order valence-electron chi connectivity index (χ1n) is 10.3. The highest BCUT2D eigenvalue weighted by molar-refractivity contribution is 7.89. The second-order valence-corrected chi connectivity index (χ2v) is 10.1. The lowest BCUT2D eigenvalue weighted by molar-refractivity contribution is 0.464. The number of nitrogens with zero attached hydrogens (tertiary/aromatic N) is 2. The maximum atomic E-state index is 12.7. The molecule has 2 heterocycles. The average molecular weight is 447 g/mol. The number of hydrogen-bond acceptors (Lipinski definition) is 5. The minimum Gasteiger partial charge on any atom is -0.383 e. The van der Waals surface area contributed by atoms with Crippen LogP contribution in [0.15, 0.2) is 76.7 Å². The molecule has 0 atom stereocenters. The van der Waals surface area contributed by atoms with Crippen LogP contribution in [0.2, 0.25) is 0 Å². The molecule has 4 aromatic rings. The van der Waals surface area contributed by atoms with Gasteiger partial charge in [-0.2, -0.15) is 4.31 Å². The van der Waals surface area contributed by atoms with Gasteiger partial charge in [0, 0.05) is 42.7 Å². The number of nitrogen functional groups attached to an aromatic ring is 1. The number of H-pyrrole nitrogens is 1. The quantitative estimate of drug-likeness (QED) is 0.487. The van der Waals surface area contributed by atoms with E-state index < -0.39 is 10.0 Å². The number of benzene rings is 2. The molecule has 7 nitrogen and oxygen atoms in total. The summed E-state index contributed by atoms with van der Waals surface area (Å²) in [4.78, 5) is 19.0. The van der Waals surface area contributed by atoms with Gasteiger partial charge in [-0.05, 0) is 59.0 Å². The van der Waals surface area contributed by atoms with Crippen LogP contribution in [-0.4, -0.2) is 35.8 Å². The molecule has 3 N–H and O–H groups in total. The molecule has 1 fully saturated rings. The van der Waals surface area contributed by atoms with Gasteiger partial charge < -0.3 is 10.7 Å². The third-order valence-corrected chi connectivity index (χ3v) is 7.82. The van der Waals surface area contributed by atoms with Gasteiger partial charge >= 0.3 is 0 Å². The fraction of sp³-hybridized carbons (Fsp3) is 0.167. The fourth-order valence-corrected chi connectivity index (χ4v) is 5.23. The van der Waals surface area contributed by atoms with Crippen LogP contribution < -0.4 is 11.3 Å². The Morgan fingerprint density at radius 2 is 1.69 bits per heavy atom. The Morgan fingerprint density at radius 1 is 0.969 bits per heavy atom. The molecule has 5 rings (SSSR count). The van der Waals surface area contributed by atoms with Gasteiger partial charge in [-0.15, -0.1) is 0 Å². The largest absolute Gasteiger partial charge is 0.383 e. The molecular weight excluding hydrogens is 424 g/mol. The molecule has 2 aromatic heterocycles. The molecule has 8 heteroatoms. The van der Waals surface area contributed by atoms with Crippen molar-refractivity contribution in [3.05, 3.63) is 77.3 Å². The predicted molar refractivity (Wildman–Crippen MR) is 126 cm³/mol. The first kappa shape index (κ1) is 20.4. The predicted octanol–water partition coefficient (Wildman–Crippen LogP) is 3.62. The first-order chi connectivity index (χ1) is 15.3. The SMILES string of the molecule is CN(C1CC1)S(=O)(=O)c1ccc(-c2cnc(N)c(-c3ccc4c[nH]c(=O)cc4c3)c2)cc1. The van der Waals surface area contributed by atoms with Gasteiger partial charge in [0.15, 0.2) is 0 Å². The van der Waals surface area contributed by atoms with Crippen molar-refractivity contribution < 1.29 is 8.42 Å². The van der Waals surface area contributed by atoms with Crippen LogP contribution in [0.4, 0.5) is 5.82 Å². The molecular formula is C24H22N4O3S. The van der Waals surface area contributed by atoms with Crippen molar-refractivity contribution >= 4 is 26.6 Å². The number of anilines is 1. The Kier molecular flexibility index (Phi) is 4.83. The molecule has 0 radical (unpaired) electrons. The van der Waals surface area contributed by atoms with Crippen molar-refractivity contribution in [2.75, 3.05) is 12.8 Å². The summed E-state index contributed by atoms with van der Waals surface area (Å²) >= 11 is 0.